The molecular formula is C18H19FN4O. The maximum atomic E-state index is 13.2. The Kier molecular flexibility index (Phi) is 4.74. The summed E-state index contributed by atoms with van der Waals surface area (Å²) in [7, 11) is 0. The third-order valence-corrected chi connectivity index (χ3v) is 3.79. The summed E-state index contributed by atoms with van der Waals surface area (Å²) in [5.41, 5.74) is 3.56. The minimum Gasteiger partial charge on any atom is -0.361 e. The predicted molar refractivity (Wildman–Crippen MR) is 91.2 cm³/mol. The number of nitrogens with one attached hydrogen (secondary N) is 3. The van der Waals surface area contributed by atoms with Gasteiger partial charge in [-0.1, -0.05) is 6.07 Å². The Bertz CT molecular complexity index is 859. The van der Waals surface area contributed by atoms with Crippen LogP contribution in [0.15, 0.2) is 42.6 Å². The zero-order valence-electron chi connectivity index (χ0n) is 13.4. The van der Waals surface area contributed by atoms with Gasteiger partial charge in [0, 0.05) is 29.3 Å². The topological polar surface area (TPSA) is 69.8 Å². The summed E-state index contributed by atoms with van der Waals surface area (Å²) in [6.07, 6.45) is 2.52. The van der Waals surface area contributed by atoms with Crippen molar-refractivity contribution >= 4 is 16.9 Å². The lowest BCUT2D eigenvalue weighted by Crippen LogP contribution is -2.36. The van der Waals surface area contributed by atoms with E-state index in [-0.39, 0.29) is 11.8 Å². The average Bonchev–Trinajstić information content (AvgIpc) is 2.95. The zero-order valence-corrected chi connectivity index (χ0v) is 13.4. The Labute approximate surface area is 139 Å². The number of pyridine rings is 1. The van der Waals surface area contributed by atoms with Gasteiger partial charge in [-0.05, 0) is 49.2 Å². The van der Waals surface area contributed by atoms with Gasteiger partial charge in [-0.15, -0.1) is 0 Å². The third kappa shape index (κ3) is 3.90. The Morgan fingerprint density at radius 2 is 2.12 bits per heavy atom. The molecule has 0 atom stereocenters. The van der Waals surface area contributed by atoms with Gasteiger partial charge in [0.2, 0.25) is 0 Å². The van der Waals surface area contributed by atoms with Crippen molar-refractivity contribution in [3.63, 3.8) is 0 Å². The fraction of sp³-hybridized carbons (Fsp3) is 0.222. The van der Waals surface area contributed by atoms with Crippen LogP contribution in [-0.4, -0.2) is 22.5 Å². The molecule has 0 unspecified atom stereocenters. The highest BCUT2D eigenvalue weighted by Gasteiger charge is 2.06. The molecule has 0 aliphatic carbocycles. The SMILES string of the molecule is Cc1cccc(CNC(=O)NCCc2c[nH]c3cc(F)ccc23)n1. The van der Waals surface area contributed by atoms with E-state index in [1.54, 1.807) is 6.07 Å². The number of urea groups is 1. The first-order chi connectivity index (χ1) is 11.6. The summed E-state index contributed by atoms with van der Waals surface area (Å²) in [5, 5.41) is 6.57. The Balaban J connectivity index is 1.48. The lowest BCUT2D eigenvalue weighted by molar-refractivity contribution is 0.240. The average molecular weight is 326 g/mol. The lowest BCUT2D eigenvalue weighted by atomic mass is 10.1. The molecule has 0 spiro atoms. The highest BCUT2D eigenvalue weighted by molar-refractivity contribution is 5.83. The van der Waals surface area contributed by atoms with Crippen LogP contribution in [0.4, 0.5) is 9.18 Å². The molecule has 0 aliphatic heterocycles. The van der Waals surface area contributed by atoms with Crippen LogP contribution in [-0.2, 0) is 13.0 Å². The molecule has 0 radical (unpaired) electrons. The van der Waals surface area contributed by atoms with Crippen LogP contribution in [0, 0.1) is 12.7 Å². The number of H-pyrrole nitrogens is 1. The maximum absolute atomic E-state index is 13.2. The number of aryl methyl sites for hydroxylation is 1. The zero-order chi connectivity index (χ0) is 16.9. The van der Waals surface area contributed by atoms with Gasteiger partial charge < -0.3 is 15.6 Å². The number of aromatic amines is 1. The number of benzene rings is 1. The quantitative estimate of drug-likeness (QED) is 0.674. The number of fused-ring (bicyclic) bond motifs is 1. The summed E-state index contributed by atoms with van der Waals surface area (Å²) in [6, 6.07) is 10.1. The third-order valence-electron chi connectivity index (χ3n) is 3.79. The standard InChI is InChI=1S/C18H19FN4O/c1-12-3-2-4-15(23-12)11-22-18(24)20-8-7-13-10-21-17-9-14(19)5-6-16(13)17/h2-6,9-10,21H,7-8,11H2,1H3,(H2,20,22,24). The summed E-state index contributed by atoms with van der Waals surface area (Å²) in [5.74, 6) is -0.266. The molecule has 3 rings (SSSR count). The molecule has 1 aromatic carbocycles. The molecule has 0 aliphatic rings. The summed E-state index contributed by atoms with van der Waals surface area (Å²) in [4.78, 5) is 19.2. The van der Waals surface area contributed by atoms with Crippen LogP contribution in [0.25, 0.3) is 10.9 Å². The highest BCUT2D eigenvalue weighted by Crippen LogP contribution is 2.19. The predicted octanol–water partition coefficient (Wildman–Crippen LogP) is 3.05. The second-order valence-corrected chi connectivity index (χ2v) is 5.63. The second kappa shape index (κ2) is 7.12. The monoisotopic (exact) mass is 326 g/mol. The Hall–Kier alpha value is -2.89. The molecule has 3 N–H and O–H groups in total. The number of nitrogens with zero attached hydrogens (tertiary/aromatic N) is 1. The molecule has 124 valence electrons. The van der Waals surface area contributed by atoms with Gasteiger partial charge in [0.1, 0.15) is 5.82 Å². The minimum absolute atomic E-state index is 0.232. The van der Waals surface area contributed by atoms with Gasteiger partial charge in [0.25, 0.3) is 0 Å². The molecule has 6 heteroatoms. The van der Waals surface area contributed by atoms with E-state index in [4.69, 9.17) is 0 Å². The fourth-order valence-electron chi connectivity index (χ4n) is 2.61. The molecule has 2 amide bonds. The Morgan fingerprint density at radius 1 is 1.25 bits per heavy atom. The molecule has 5 nitrogen and oxygen atoms in total. The van der Waals surface area contributed by atoms with E-state index in [9.17, 15) is 9.18 Å². The second-order valence-electron chi connectivity index (χ2n) is 5.63. The first kappa shape index (κ1) is 16.0. The first-order valence-electron chi connectivity index (χ1n) is 7.81. The van der Waals surface area contributed by atoms with Gasteiger partial charge in [-0.2, -0.15) is 0 Å². The van der Waals surface area contributed by atoms with Crippen molar-refractivity contribution in [3.05, 3.63) is 65.4 Å². The number of halogens is 1. The number of hydrogen-bond donors (Lipinski definition) is 3. The van der Waals surface area contributed by atoms with Crippen LogP contribution in [0.1, 0.15) is 17.0 Å². The number of aromatic nitrogens is 2. The highest BCUT2D eigenvalue weighted by atomic mass is 19.1. The van der Waals surface area contributed by atoms with Crippen LogP contribution >= 0.6 is 0 Å². The van der Waals surface area contributed by atoms with Gasteiger partial charge >= 0.3 is 6.03 Å². The van der Waals surface area contributed by atoms with Crippen molar-refractivity contribution in [2.75, 3.05) is 6.54 Å². The van der Waals surface area contributed by atoms with Crippen molar-refractivity contribution in [2.24, 2.45) is 0 Å². The van der Waals surface area contributed by atoms with Crippen LogP contribution < -0.4 is 10.6 Å². The van der Waals surface area contributed by atoms with Crippen molar-refractivity contribution in [2.45, 2.75) is 19.9 Å². The van der Waals surface area contributed by atoms with E-state index in [2.05, 4.69) is 20.6 Å². The molecule has 0 bridgehead atoms. The van der Waals surface area contributed by atoms with Crippen LogP contribution in [0.5, 0.6) is 0 Å². The molecule has 0 saturated heterocycles. The van der Waals surface area contributed by atoms with Crippen molar-refractivity contribution < 1.29 is 9.18 Å². The largest absolute Gasteiger partial charge is 0.361 e. The van der Waals surface area contributed by atoms with E-state index in [1.165, 1.54) is 12.1 Å². The van der Waals surface area contributed by atoms with Crippen molar-refractivity contribution in [3.8, 4) is 0 Å². The van der Waals surface area contributed by atoms with Gasteiger partial charge in [-0.25, -0.2) is 9.18 Å². The normalized spacial score (nSPS) is 10.8. The van der Waals surface area contributed by atoms with E-state index in [1.807, 2.05) is 31.3 Å². The van der Waals surface area contributed by atoms with Crippen LogP contribution in [0.2, 0.25) is 0 Å². The lowest BCUT2D eigenvalue weighted by Gasteiger charge is -2.07. The van der Waals surface area contributed by atoms with Crippen molar-refractivity contribution in [1.82, 2.24) is 20.6 Å². The Morgan fingerprint density at radius 3 is 2.96 bits per heavy atom. The van der Waals surface area contributed by atoms with E-state index in [0.29, 0.717) is 19.5 Å². The smallest absolute Gasteiger partial charge is 0.315 e. The molecule has 24 heavy (non-hydrogen) atoms. The minimum atomic E-state index is -0.266. The summed E-state index contributed by atoms with van der Waals surface area (Å²) < 4.78 is 13.2. The molecular weight excluding hydrogens is 307 g/mol. The van der Waals surface area contributed by atoms with Gasteiger partial charge in [0.05, 0.1) is 12.2 Å². The number of amides is 2. The van der Waals surface area contributed by atoms with E-state index >= 15 is 0 Å². The molecule has 0 fully saturated rings. The summed E-state index contributed by atoms with van der Waals surface area (Å²) >= 11 is 0. The summed E-state index contributed by atoms with van der Waals surface area (Å²) in [6.45, 7) is 2.80. The van der Waals surface area contributed by atoms with E-state index < -0.39 is 0 Å². The number of carbonyl (C=O) groups is 1. The van der Waals surface area contributed by atoms with Crippen molar-refractivity contribution in [1.29, 1.82) is 0 Å². The number of hydrogen-bond acceptors (Lipinski definition) is 2. The van der Waals surface area contributed by atoms with Crippen LogP contribution in [0.3, 0.4) is 0 Å². The molecule has 3 aromatic rings. The fourth-order valence-corrected chi connectivity index (χ4v) is 2.61. The van der Waals surface area contributed by atoms with Gasteiger partial charge in [-0.3, -0.25) is 4.98 Å². The first-order valence-corrected chi connectivity index (χ1v) is 7.81. The number of carbonyl (C=O) groups excluding carboxylic acids is 1. The maximum Gasteiger partial charge on any atom is 0.315 e. The van der Waals surface area contributed by atoms with E-state index in [0.717, 1.165) is 27.9 Å². The van der Waals surface area contributed by atoms with Gasteiger partial charge in [0.15, 0.2) is 0 Å². The molecule has 2 aromatic heterocycles. The molecule has 2 heterocycles. The number of rotatable bonds is 5. The molecule has 0 saturated carbocycles.